The van der Waals surface area contributed by atoms with Gasteiger partial charge in [-0.3, -0.25) is 0 Å². The molecule has 0 aromatic heterocycles. The number of ether oxygens (including phenoxy) is 2. The van der Waals surface area contributed by atoms with Gasteiger partial charge in [-0.05, 0) is 24.1 Å². The van der Waals surface area contributed by atoms with Crippen LogP contribution >= 0.6 is 0 Å². The lowest BCUT2D eigenvalue weighted by Crippen LogP contribution is -2.01. The third kappa shape index (κ3) is 3.36. The molecule has 3 rings (SSSR count). The van der Waals surface area contributed by atoms with Gasteiger partial charge in [0.05, 0.1) is 12.7 Å². The summed E-state index contributed by atoms with van der Waals surface area (Å²) >= 11 is 0. The lowest BCUT2D eigenvalue weighted by molar-refractivity contribution is 0.301. The van der Waals surface area contributed by atoms with Crippen molar-refractivity contribution in [1.29, 1.82) is 0 Å². The first-order valence-corrected chi connectivity index (χ1v) is 6.69. The zero-order valence-electron chi connectivity index (χ0n) is 11.1. The fourth-order valence-corrected chi connectivity index (χ4v) is 2.18. The molecule has 1 unspecified atom stereocenters. The van der Waals surface area contributed by atoms with E-state index in [0.29, 0.717) is 12.7 Å². The summed E-state index contributed by atoms with van der Waals surface area (Å²) in [6.07, 6.45) is 1.34. The molecule has 0 spiro atoms. The molecule has 0 amide bonds. The van der Waals surface area contributed by atoms with Gasteiger partial charge in [-0.25, -0.2) is 0 Å². The Morgan fingerprint density at radius 1 is 1.16 bits per heavy atom. The van der Waals surface area contributed by atoms with Gasteiger partial charge in [-0.1, -0.05) is 48.0 Å². The van der Waals surface area contributed by atoms with Gasteiger partial charge in [0.15, 0.2) is 0 Å². The van der Waals surface area contributed by atoms with Crippen molar-refractivity contribution in [2.75, 3.05) is 6.61 Å². The average molecular weight is 254 g/mol. The van der Waals surface area contributed by atoms with Gasteiger partial charge < -0.3 is 9.47 Å². The number of benzene rings is 2. The molecule has 0 bridgehead atoms. The summed E-state index contributed by atoms with van der Waals surface area (Å²) in [6.45, 7) is 3.60. The molecule has 1 atom stereocenters. The highest BCUT2D eigenvalue weighted by atomic mass is 16.6. The first kappa shape index (κ1) is 12.2. The van der Waals surface area contributed by atoms with E-state index in [1.807, 2.05) is 18.2 Å². The van der Waals surface area contributed by atoms with Gasteiger partial charge in [0.2, 0.25) is 0 Å². The fourth-order valence-electron chi connectivity index (χ4n) is 2.18. The van der Waals surface area contributed by atoms with Crippen LogP contribution in [0.25, 0.3) is 0 Å². The lowest BCUT2D eigenvalue weighted by atomic mass is 10.1. The van der Waals surface area contributed by atoms with Crippen molar-refractivity contribution in [2.24, 2.45) is 0 Å². The van der Waals surface area contributed by atoms with Crippen LogP contribution in [0.4, 0.5) is 0 Å². The third-order valence-electron chi connectivity index (χ3n) is 3.30. The minimum absolute atomic E-state index is 0.390. The van der Waals surface area contributed by atoms with Gasteiger partial charge in [0, 0.05) is 6.42 Å². The predicted octanol–water partition coefficient (Wildman–Crippen LogP) is 3.52. The largest absolute Gasteiger partial charge is 0.489 e. The van der Waals surface area contributed by atoms with Crippen LogP contribution in [-0.4, -0.2) is 12.7 Å². The van der Waals surface area contributed by atoms with Crippen LogP contribution in [0.2, 0.25) is 0 Å². The number of rotatable bonds is 5. The van der Waals surface area contributed by atoms with Crippen molar-refractivity contribution < 1.29 is 9.47 Å². The van der Waals surface area contributed by atoms with Gasteiger partial charge in [0.25, 0.3) is 0 Å². The molecule has 1 aliphatic heterocycles. The maximum absolute atomic E-state index is 5.95. The molecule has 2 aromatic rings. The first-order valence-electron chi connectivity index (χ1n) is 6.69. The number of epoxide rings is 1. The average Bonchev–Trinajstić information content (AvgIpc) is 3.23. The summed E-state index contributed by atoms with van der Waals surface area (Å²) in [5.74, 6) is 0.977. The SMILES string of the molecule is Cc1ccc(OCc2ccccc2)c(CC2CO2)c1. The molecule has 19 heavy (non-hydrogen) atoms. The molecular formula is C17H18O2. The van der Waals surface area contributed by atoms with E-state index in [9.17, 15) is 0 Å². The first-order chi connectivity index (χ1) is 9.31. The van der Waals surface area contributed by atoms with Gasteiger partial charge in [-0.2, -0.15) is 0 Å². The van der Waals surface area contributed by atoms with E-state index in [-0.39, 0.29) is 0 Å². The molecule has 2 heteroatoms. The summed E-state index contributed by atoms with van der Waals surface area (Å²) in [7, 11) is 0. The second-order valence-corrected chi connectivity index (χ2v) is 5.04. The summed E-state index contributed by atoms with van der Waals surface area (Å²) in [6, 6.07) is 16.6. The van der Waals surface area contributed by atoms with E-state index in [1.54, 1.807) is 0 Å². The number of hydrogen-bond acceptors (Lipinski definition) is 2. The maximum Gasteiger partial charge on any atom is 0.123 e. The van der Waals surface area contributed by atoms with Crippen molar-refractivity contribution in [3.8, 4) is 5.75 Å². The van der Waals surface area contributed by atoms with E-state index in [0.717, 1.165) is 18.8 Å². The topological polar surface area (TPSA) is 21.8 Å². The monoisotopic (exact) mass is 254 g/mol. The standard InChI is InChI=1S/C17H18O2/c1-13-7-8-17(15(9-13)10-16-12-18-16)19-11-14-5-3-2-4-6-14/h2-9,16H,10-12H2,1H3. The van der Waals surface area contributed by atoms with Crippen molar-refractivity contribution >= 4 is 0 Å². The predicted molar refractivity (Wildman–Crippen MR) is 75.4 cm³/mol. The normalized spacial score (nSPS) is 17.2. The Kier molecular flexibility index (Phi) is 3.51. The van der Waals surface area contributed by atoms with Crippen molar-refractivity contribution in [1.82, 2.24) is 0 Å². The van der Waals surface area contributed by atoms with Crippen LogP contribution in [0.3, 0.4) is 0 Å². The van der Waals surface area contributed by atoms with Crippen LogP contribution in [0.15, 0.2) is 48.5 Å². The van der Waals surface area contributed by atoms with Crippen LogP contribution in [0, 0.1) is 6.92 Å². The van der Waals surface area contributed by atoms with Crippen LogP contribution < -0.4 is 4.74 Å². The smallest absolute Gasteiger partial charge is 0.123 e. The molecule has 0 saturated carbocycles. The fraction of sp³-hybridized carbons (Fsp3) is 0.294. The molecule has 0 aliphatic carbocycles. The highest BCUT2D eigenvalue weighted by Gasteiger charge is 2.24. The van der Waals surface area contributed by atoms with Crippen LogP contribution in [0.1, 0.15) is 16.7 Å². The van der Waals surface area contributed by atoms with Crippen molar-refractivity contribution in [3.05, 3.63) is 65.2 Å². The zero-order chi connectivity index (χ0) is 13.1. The second kappa shape index (κ2) is 5.45. The third-order valence-corrected chi connectivity index (χ3v) is 3.30. The Morgan fingerprint density at radius 2 is 1.95 bits per heavy atom. The zero-order valence-corrected chi connectivity index (χ0v) is 11.1. The van der Waals surface area contributed by atoms with Crippen molar-refractivity contribution in [3.63, 3.8) is 0 Å². The molecule has 98 valence electrons. The summed E-state index contributed by atoms with van der Waals surface area (Å²) in [5, 5.41) is 0. The molecule has 2 nitrogen and oxygen atoms in total. The Labute approximate surface area is 114 Å². The van der Waals surface area contributed by atoms with Gasteiger partial charge in [-0.15, -0.1) is 0 Å². The van der Waals surface area contributed by atoms with Crippen LogP contribution in [0.5, 0.6) is 5.75 Å². The number of aryl methyl sites for hydroxylation is 1. The minimum Gasteiger partial charge on any atom is -0.489 e. The summed E-state index contributed by atoms with van der Waals surface area (Å²) in [5.41, 5.74) is 3.71. The van der Waals surface area contributed by atoms with Gasteiger partial charge >= 0.3 is 0 Å². The highest BCUT2D eigenvalue weighted by molar-refractivity contribution is 5.38. The Morgan fingerprint density at radius 3 is 2.68 bits per heavy atom. The van der Waals surface area contributed by atoms with Crippen molar-refractivity contribution in [2.45, 2.75) is 26.1 Å². The molecule has 1 heterocycles. The minimum atomic E-state index is 0.390. The van der Waals surface area contributed by atoms with Gasteiger partial charge in [0.1, 0.15) is 12.4 Å². The van der Waals surface area contributed by atoms with Crippen LogP contribution in [-0.2, 0) is 17.8 Å². The molecule has 0 radical (unpaired) electrons. The molecule has 2 aromatic carbocycles. The molecule has 1 fully saturated rings. The second-order valence-electron chi connectivity index (χ2n) is 5.04. The van der Waals surface area contributed by atoms with E-state index < -0.39 is 0 Å². The molecule has 1 aliphatic rings. The molecule has 0 N–H and O–H groups in total. The summed E-state index contributed by atoms with van der Waals surface area (Å²) in [4.78, 5) is 0. The summed E-state index contributed by atoms with van der Waals surface area (Å²) < 4.78 is 11.3. The Balaban J connectivity index is 1.72. The highest BCUT2D eigenvalue weighted by Crippen LogP contribution is 2.26. The lowest BCUT2D eigenvalue weighted by Gasteiger charge is -2.12. The maximum atomic E-state index is 5.95. The molecule has 1 saturated heterocycles. The Bertz CT molecular complexity index is 544. The molecular weight excluding hydrogens is 236 g/mol. The quantitative estimate of drug-likeness (QED) is 0.761. The van der Waals surface area contributed by atoms with E-state index in [1.165, 1.54) is 16.7 Å². The van der Waals surface area contributed by atoms with E-state index in [2.05, 4.69) is 37.3 Å². The Hall–Kier alpha value is -1.80. The van der Waals surface area contributed by atoms with E-state index >= 15 is 0 Å². The van der Waals surface area contributed by atoms with E-state index in [4.69, 9.17) is 9.47 Å². The number of hydrogen-bond donors (Lipinski definition) is 0.